The lowest BCUT2D eigenvalue weighted by molar-refractivity contribution is 0.227. The van der Waals surface area contributed by atoms with Gasteiger partial charge in [0.1, 0.15) is 5.82 Å². The molecule has 0 radical (unpaired) electrons. The third kappa shape index (κ3) is 3.43. The summed E-state index contributed by atoms with van der Waals surface area (Å²) in [5, 5.41) is 0.722. The molecule has 0 unspecified atom stereocenters. The van der Waals surface area contributed by atoms with Crippen LogP contribution in [-0.4, -0.2) is 41.1 Å². The SMILES string of the molecule is CC(C)CS(=O)(=O)N1CCC2(CC1)CCn1c(-c3cccc(Cl)c3)cnc12. The Bertz CT molecular complexity index is 944. The van der Waals surface area contributed by atoms with Crippen LogP contribution in [0, 0.1) is 5.92 Å². The second-order valence-corrected chi connectivity index (χ2v) is 10.7. The highest BCUT2D eigenvalue weighted by molar-refractivity contribution is 7.89. The van der Waals surface area contributed by atoms with E-state index in [1.165, 1.54) is 0 Å². The standard InChI is InChI=1S/C20H26ClN3O2S/c1-15(2)14-27(25,26)23-9-6-20(7-10-23)8-11-24-18(13-22-19(20)24)16-4-3-5-17(21)12-16/h3-5,12-13,15H,6-11,14H2,1-2H3. The molecule has 2 aliphatic rings. The summed E-state index contributed by atoms with van der Waals surface area (Å²) in [6.45, 7) is 6.01. The molecule has 1 spiro atoms. The van der Waals surface area contributed by atoms with Gasteiger partial charge in [-0.05, 0) is 37.3 Å². The zero-order valence-corrected chi connectivity index (χ0v) is 17.4. The molecule has 0 bridgehead atoms. The van der Waals surface area contributed by atoms with Crippen LogP contribution in [0.15, 0.2) is 30.5 Å². The normalized spacial score (nSPS) is 19.7. The van der Waals surface area contributed by atoms with E-state index in [1.54, 1.807) is 4.31 Å². The fraction of sp³-hybridized carbons (Fsp3) is 0.550. The predicted molar refractivity (Wildman–Crippen MR) is 108 cm³/mol. The molecule has 5 nitrogen and oxygen atoms in total. The molecule has 146 valence electrons. The first-order valence-electron chi connectivity index (χ1n) is 9.60. The quantitative estimate of drug-likeness (QED) is 0.771. The van der Waals surface area contributed by atoms with Crippen molar-refractivity contribution in [3.05, 3.63) is 41.3 Å². The van der Waals surface area contributed by atoms with E-state index in [2.05, 4.69) is 10.6 Å². The Balaban J connectivity index is 1.56. The Kier molecular flexibility index (Phi) is 4.85. The van der Waals surface area contributed by atoms with E-state index >= 15 is 0 Å². The summed E-state index contributed by atoms with van der Waals surface area (Å²) in [6, 6.07) is 7.86. The second kappa shape index (κ2) is 6.90. The zero-order valence-electron chi connectivity index (χ0n) is 15.9. The number of benzene rings is 1. The number of aromatic nitrogens is 2. The molecule has 2 aromatic rings. The Labute approximate surface area is 166 Å². The van der Waals surface area contributed by atoms with Gasteiger partial charge in [-0.1, -0.05) is 37.6 Å². The van der Waals surface area contributed by atoms with Crippen molar-refractivity contribution < 1.29 is 8.42 Å². The number of nitrogens with zero attached hydrogens (tertiary/aromatic N) is 3. The van der Waals surface area contributed by atoms with E-state index in [0.717, 1.165) is 47.9 Å². The van der Waals surface area contributed by atoms with Crippen molar-refractivity contribution >= 4 is 21.6 Å². The largest absolute Gasteiger partial charge is 0.328 e. The zero-order chi connectivity index (χ0) is 19.2. The second-order valence-electron chi connectivity index (χ2n) is 8.23. The molecule has 2 aliphatic heterocycles. The lowest BCUT2D eigenvalue weighted by Gasteiger charge is -2.37. The van der Waals surface area contributed by atoms with Crippen molar-refractivity contribution in [1.82, 2.24) is 13.9 Å². The summed E-state index contributed by atoms with van der Waals surface area (Å²) in [7, 11) is -3.16. The van der Waals surface area contributed by atoms with Gasteiger partial charge in [0.25, 0.3) is 0 Å². The number of rotatable bonds is 4. The minimum absolute atomic E-state index is 0.000670. The van der Waals surface area contributed by atoms with Gasteiger partial charge < -0.3 is 4.57 Å². The molecule has 0 saturated carbocycles. The molecular weight excluding hydrogens is 382 g/mol. The van der Waals surface area contributed by atoms with Crippen LogP contribution in [0.2, 0.25) is 5.02 Å². The molecular formula is C20H26ClN3O2S. The van der Waals surface area contributed by atoms with E-state index < -0.39 is 10.0 Å². The van der Waals surface area contributed by atoms with E-state index in [1.807, 2.05) is 38.2 Å². The minimum Gasteiger partial charge on any atom is -0.328 e. The van der Waals surface area contributed by atoms with Gasteiger partial charge in [0.2, 0.25) is 10.0 Å². The maximum absolute atomic E-state index is 12.6. The average Bonchev–Trinajstić information content (AvgIpc) is 3.17. The highest BCUT2D eigenvalue weighted by Crippen LogP contribution is 2.45. The number of imidazole rings is 1. The summed E-state index contributed by atoms with van der Waals surface area (Å²) in [6.07, 6.45) is 4.65. The van der Waals surface area contributed by atoms with E-state index in [0.29, 0.717) is 13.1 Å². The van der Waals surface area contributed by atoms with Gasteiger partial charge >= 0.3 is 0 Å². The van der Waals surface area contributed by atoms with Gasteiger partial charge in [-0.2, -0.15) is 0 Å². The number of fused-ring (bicyclic) bond motifs is 2. The van der Waals surface area contributed by atoms with Crippen LogP contribution in [0.5, 0.6) is 0 Å². The average molecular weight is 408 g/mol. The third-order valence-corrected chi connectivity index (χ3v) is 8.36. The monoisotopic (exact) mass is 407 g/mol. The van der Waals surface area contributed by atoms with Gasteiger partial charge in [0.15, 0.2) is 0 Å². The molecule has 0 atom stereocenters. The number of halogens is 1. The van der Waals surface area contributed by atoms with Crippen molar-refractivity contribution in [2.75, 3.05) is 18.8 Å². The summed E-state index contributed by atoms with van der Waals surface area (Å²) >= 11 is 6.16. The smallest absolute Gasteiger partial charge is 0.214 e. The molecule has 27 heavy (non-hydrogen) atoms. The molecule has 0 amide bonds. The number of hydrogen-bond acceptors (Lipinski definition) is 3. The van der Waals surface area contributed by atoms with Gasteiger partial charge in [0, 0.05) is 35.6 Å². The first-order chi connectivity index (χ1) is 12.8. The van der Waals surface area contributed by atoms with Crippen molar-refractivity contribution in [1.29, 1.82) is 0 Å². The van der Waals surface area contributed by atoms with Crippen molar-refractivity contribution in [3.63, 3.8) is 0 Å². The summed E-state index contributed by atoms with van der Waals surface area (Å²) < 4.78 is 29.1. The maximum Gasteiger partial charge on any atom is 0.214 e. The van der Waals surface area contributed by atoms with Crippen molar-refractivity contribution in [2.24, 2.45) is 5.92 Å². The fourth-order valence-electron chi connectivity index (χ4n) is 4.53. The van der Waals surface area contributed by atoms with Crippen molar-refractivity contribution in [3.8, 4) is 11.3 Å². The first kappa shape index (κ1) is 19.0. The van der Waals surface area contributed by atoms with Crippen LogP contribution >= 0.6 is 11.6 Å². The Morgan fingerprint density at radius 2 is 1.89 bits per heavy atom. The topological polar surface area (TPSA) is 55.2 Å². The molecule has 1 aromatic carbocycles. The fourth-order valence-corrected chi connectivity index (χ4v) is 6.52. The summed E-state index contributed by atoms with van der Waals surface area (Å²) in [4.78, 5) is 4.77. The van der Waals surface area contributed by atoms with Crippen LogP contribution in [-0.2, 0) is 22.0 Å². The van der Waals surface area contributed by atoms with E-state index in [9.17, 15) is 8.42 Å². The third-order valence-electron chi connectivity index (χ3n) is 5.88. The molecule has 1 aromatic heterocycles. The van der Waals surface area contributed by atoms with Gasteiger partial charge in [0.05, 0.1) is 17.6 Å². The van der Waals surface area contributed by atoms with Crippen LogP contribution in [0.3, 0.4) is 0 Å². The summed E-state index contributed by atoms with van der Waals surface area (Å²) in [5.74, 6) is 1.49. The highest BCUT2D eigenvalue weighted by atomic mass is 35.5. The summed E-state index contributed by atoms with van der Waals surface area (Å²) in [5.41, 5.74) is 2.18. The maximum atomic E-state index is 12.6. The number of sulfonamides is 1. The number of hydrogen-bond donors (Lipinski definition) is 0. The first-order valence-corrected chi connectivity index (χ1v) is 11.6. The molecule has 1 fully saturated rings. The van der Waals surface area contributed by atoms with E-state index in [-0.39, 0.29) is 17.1 Å². The molecule has 0 aliphatic carbocycles. The highest BCUT2D eigenvalue weighted by Gasteiger charge is 2.45. The van der Waals surface area contributed by atoms with Crippen LogP contribution in [0.25, 0.3) is 11.3 Å². The van der Waals surface area contributed by atoms with Gasteiger partial charge in [-0.25, -0.2) is 17.7 Å². The van der Waals surface area contributed by atoms with Gasteiger partial charge in [-0.3, -0.25) is 0 Å². The lowest BCUT2D eigenvalue weighted by atomic mass is 9.77. The Morgan fingerprint density at radius 1 is 1.19 bits per heavy atom. The van der Waals surface area contributed by atoms with Gasteiger partial charge in [-0.15, -0.1) is 0 Å². The molecule has 1 saturated heterocycles. The van der Waals surface area contributed by atoms with E-state index in [4.69, 9.17) is 16.6 Å². The molecule has 3 heterocycles. The molecule has 4 rings (SSSR count). The Hall–Kier alpha value is -1.37. The number of piperidine rings is 1. The van der Waals surface area contributed by atoms with Crippen LogP contribution in [0.4, 0.5) is 0 Å². The van der Waals surface area contributed by atoms with Crippen molar-refractivity contribution in [2.45, 2.75) is 45.1 Å². The lowest BCUT2D eigenvalue weighted by Crippen LogP contribution is -2.45. The predicted octanol–water partition coefficient (Wildman–Crippen LogP) is 3.93. The Morgan fingerprint density at radius 3 is 2.56 bits per heavy atom. The van der Waals surface area contributed by atoms with Crippen LogP contribution < -0.4 is 0 Å². The molecule has 7 heteroatoms. The van der Waals surface area contributed by atoms with Crippen LogP contribution in [0.1, 0.15) is 38.9 Å². The molecule has 0 N–H and O–H groups in total. The minimum atomic E-state index is -3.16.